The summed E-state index contributed by atoms with van der Waals surface area (Å²) in [6.07, 6.45) is 0. The number of carbonyl (C=O) groups excluding carboxylic acids is 2. The van der Waals surface area contributed by atoms with Crippen LogP contribution in [0, 0.1) is 6.92 Å². The highest BCUT2D eigenvalue weighted by Crippen LogP contribution is 2.16. The summed E-state index contributed by atoms with van der Waals surface area (Å²) in [5.41, 5.74) is 1.72. The third-order valence-corrected chi connectivity index (χ3v) is 4.77. The smallest absolute Gasteiger partial charge is 0.335 e. The summed E-state index contributed by atoms with van der Waals surface area (Å²) in [4.78, 5) is 39.8. The Labute approximate surface area is 162 Å². The van der Waals surface area contributed by atoms with Gasteiger partial charge in [0.1, 0.15) is 0 Å². The van der Waals surface area contributed by atoms with Crippen LogP contribution >= 0.6 is 11.6 Å². The van der Waals surface area contributed by atoms with Crippen molar-refractivity contribution in [3.8, 4) is 0 Å². The van der Waals surface area contributed by atoms with Gasteiger partial charge in [-0.2, -0.15) is 0 Å². The predicted octanol–water partition coefficient (Wildman–Crippen LogP) is 2.94. The molecule has 0 unspecified atom stereocenters. The lowest BCUT2D eigenvalue weighted by atomic mass is 10.1. The monoisotopic (exact) mass is 386 g/mol. The van der Waals surface area contributed by atoms with E-state index in [1.165, 1.54) is 12.1 Å². The molecule has 1 N–H and O–H groups in total. The number of hydrogen-bond acceptors (Lipinski definition) is 3. The van der Waals surface area contributed by atoms with Crippen LogP contribution in [-0.4, -0.2) is 58.9 Å². The van der Waals surface area contributed by atoms with Crippen molar-refractivity contribution in [2.45, 2.75) is 6.92 Å². The van der Waals surface area contributed by atoms with Crippen LogP contribution in [0.15, 0.2) is 42.5 Å². The number of aromatic carboxylic acids is 1. The van der Waals surface area contributed by atoms with E-state index in [4.69, 9.17) is 16.7 Å². The molecule has 2 aromatic rings. The first-order valence-electron chi connectivity index (χ1n) is 8.54. The first-order valence-corrected chi connectivity index (χ1v) is 8.92. The van der Waals surface area contributed by atoms with Crippen molar-refractivity contribution in [3.05, 3.63) is 69.7 Å². The van der Waals surface area contributed by atoms with Gasteiger partial charge in [0.15, 0.2) is 0 Å². The highest BCUT2D eigenvalue weighted by atomic mass is 35.5. The molecule has 0 atom stereocenters. The van der Waals surface area contributed by atoms with E-state index in [0.29, 0.717) is 42.3 Å². The maximum Gasteiger partial charge on any atom is 0.335 e. The molecule has 140 valence electrons. The van der Waals surface area contributed by atoms with Crippen LogP contribution < -0.4 is 0 Å². The Kier molecular flexibility index (Phi) is 5.46. The largest absolute Gasteiger partial charge is 0.478 e. The number of halogens is 1. The van der Waals surface area contributed by atoms with E-state index in [-0.39, 0.29) is 17.4 Å². The number of hydrogen-bond donors (Lipinski definition) is 1. The normalized spacial score (nSPS) is 14.1. The average molecular weight is 387 g/mol. The fourth-order valence-corrected chi connectivity index (χ4v) is 3.23. The van der Waals surface area contributed by atoms with Crippen molar-refractivity contribution in [2.75, 3.05) is 26.2 Å². The van der Waals surface area contributed by atoms with E-state index < -0.39 is 5.97 Å². The van der Waals surface area contributed by atoms with Gasteiger partial charge < -0.3 is 14.9 Å². The molecule has 1 aliphatic heterocycles. The molecule has 1 heterocycles. The first kappa shape index (κ1) is 18.9. The summed E-state index contributed by atoms with van der Waals surface area (Å²) >= 11 is 5.85. The van der Waals surface area contributed by atoms with Gasteiger partial charge in [0, 0.05) is 42.3 Å². The van der Waals surface area contributed by atoms with E-state index in [9.17, 15) is 14.4 Å². The maximum atomic E-state index is 12.7. The Morgan fingerprint density at radius 1 is 0.815 bits per heavy atom. The van der Waals surface area contributed by atoms with E-state index in [1.807, 2.05) is 0 Å². The molecule has 7 heteroatoms. The van der Waals surface area contributed by atoms with Gasteiger partial charge in [0.2, 0.25) is 0 Å². The molecule has 0 radical (unpaired) electrons. The molecule has 0 aliphatic carbocycles. The summed E-state index contributed by atoms with van der Waals surface area (Å²) in [5, 5.41) is 9.74. The van der Waals surface area contributed by atoms with Crippen LogP contribution in [0.3, 0.4) is 0 Å². The number of rotatable bonds is 3. The Bertz CT molecular complexity index is 887. The van der Waals surface area contributed by atoms with Gasteiger partial charge in [-0.3, -0.25) is 9.59 Å². The SMILES string of the molecule is Cc1cc(C(=O)O)cc(C(=O)N2CCN(C(=O)c3ccc(Cl)cc3)CC2)c1. The predicted molar refractivity (Wildman–Crippen MR) is 101 cm³/mol. The van der Waals surface area contributed by atoms with Crippen molar-refractivity contribution in [2.24, 2.45) is 0 Å². The Balaban J connectivity index is 1.67. The molecule has 2 aromatic carbocycles. The van der Waals surface area contributed by atoms with Crippen LogP contribution in [0.25, 0.3) is 0 Å². The molecule has 1 aliphatic rings. The molecule has 2 amide bonds. The van der Waals surface area contributed by atoms with Gasteiger partial charge in [0.25, 0.3) is 11.8 Å². The first-order chi connectivity index (χ1) is 12.8. The minimum absolute atomic E-state index is 0.0925. The summed E-state index contributed by atoms with van der Waals surface area (Å²) in [6.45, 7) is 3.39. The second-order valence-corrected chi connectivity index (χ2v) is 6.92. The Hall–Kier alpha value is -2.86. The van der Waals surface area contributed by atoms with Crippen LogP contribution in [0.5, 0.6) is 0 Å². The number of carbonyl (C=O) groups is 3. The quantitative estimate of drug-likeness (QED) is 0.879. The minimum Gasteiger partial charge on any atom is -0.478 e. The van der Waals surface area contributed by atoms with E-state index >= 15 is 0 Å². The summed E-state index contributed by atoms with van der Waals surface area (Å²) in [6, 6.07) is 11.3. The topological polar surface area (TPSA) is 77.9 Å². The molecule has 0 spiro atoms. The number of piperazine rings is 1. The molecular formula is C20H19ClN2O4. The van der Waals surface area contributed by atoms with Crippen LogP contribution in [-0.2, 0) is 0 Å². The van der Waals surface area contributed by atoms with E-state index in [2.05, 4.69) is 0 Å². The zero-order chi connectivity index (χ0) is 19.6. The van der Waals surface area contributed by atoms with Crippen LogP contribution in [0.1, 0.15) is 36.6 Å². The number of amides is 2. The van der Waals surface area contributed by atoms with Crippen molar-refractivity contribution < 1.29 is 19.5 Å². The lowest BCUT2D eigenvalue weighted by molar-refractivity contribution is 0.0535. The fourth-order valence-electron chi connectivity index (χ4n) is 3.10. The zero-order valence-electron chi connectivity index (χ0n) is 14.8. The molecule has 27 heavy (non-hydrogen) atoms. The number of carboxylic acids is 1. The Morgan fingerprint density at radius 3 is 1.81 bits per heavy atom. The molecule has 0 bridgehead atoms. The second-order valence-electron chi connectivity index (χ2n) is 6.48. The van der Waals surface area contributed by atoms with Gasteiger partial charge in [-0.05, 0) is 55.0 Å². The number of carboxylic acid groups (broad SMARTS) is 1. The third kappa shape index (κ3) is 4.28. The molecular weight excluding hydrogens is 368 g/mol. The number of aryl methyl sites for hydroxylation is 1. The lowest BCUT2D eigenvalue weighted by Crippen LogP contribution is -2.50. The zero-order valence-corrected chi connectivity index (χ0v) is 15.6. The second kappa shape index (κ2) is 7.80. The Morgan fingerprint density at radius 2 is 1.30 bits per heavy atom. The van der Waals surface area contributed by atoms with Crippen LogP contribution in [0.2, 0.25) is 5.02 Å². The van der Waals surface area contributed by atoms with Crippen LogP contribution in [0.4, 0.5) is 0 Å². The van der Waals surface area contributed by atoms with Crippen molar-refractivity contribution in [1.29, 1.82) is 0 Å². The van der Waals surface area contributed by atoms with Crippen molar-refractivity contribution >= 4 is 29.4 Å². The molecule has 6 nitrogen and oxygen atoms in total. The highest BCUT2D eigenvalue weighted by Gasteiger charge is 2.26. The number of nitrogens with zero attached hydrogens (tertiary/aromatic N) is 2. The number of benzene rings is 2. The minimum atomic E-state index is -1.06. The van der Waals surface area contributed by atoms with E-state index in [1.54, 1.807) is 47.1 Å². The van der Waals surface area contributed by atoms with Crippen molar-refractivity contribution in [1.82, 2.24) is 9.80 Å². The highest BCUT2D eigenvalue weighted by molar-refractivity contribution is 6.30. The molecule has 1 fully saturated rings. The van der Waals surface area contributed by atoms with E-state index in [0.717, 1.165) is 5.56 Å². The maximum absolute atomic E-state index is 12.7. The third-order valence-electron chi connectivity index (χ3n) is 4.52. The fraction of sp³-hybridized carbons (Fsp3) is 0.250. The standard InChI is InChI=1S/C20H19ClN2O4/c1-13-10-15(12-16(11-13)20(26)27)19(25)23-8-6-22(7-9-23)18(24)14-2-4-17(21)5-3-14/h2-5,10-12H,6-9H2,1H3,(H,26,27). The van der Waals surface area contributed by atoms with Gasteiger partial charge in [-0.1, -0.05) is 11.6 Å². The average Bonchev–Trinajstić information content (AvgIpc) is 2.67. The van der Waals surface area contributed by atoms with Crippen molar-refractivity contribution in [3.63, 3.8) is 0 Å². The van der Waals surface area contributed by atoms with Gasteiger partial charge in [-0.15, -0.1) is 0 Å². The molecule has 0 aromatic heterocycles. The summed E-state index contributed by atoms with van der Waals surface area (Å²) in [7, 11) is 0. The summed E-state index contributed by atoms with van der Waals surface area (Å²) < 4.78 is 0. The van der Waals surface area contributed by atoms with Gasteiger partial charge in [-0.25, -0.2) is 4.79 Å². The van der Waals surface area contributed by atoms with Gasteiger partial charge in [0.05, 0.1) is 5.56 Å². The summed E-state index contributed by atoms with van der Waals surface area (Å²) in [5.74, 6) is -1.38. The lowest BCUT2D eigenvalue weighted by Gasteiger charge is -2.35. The molecule has 0 saturated carbocycles. The van der Waals surface area contributed by atoms with Gasteiger partial charge >= 0.3 is 5.97 Å². The molecule has 3 rings (SSSR count). The molecule has 1 saturated heterocycles.